The monoisotopic (exact) mass is 132 g/mol. The van der Waals surface area contributed by atoms with Crippen molar-refractivity contribution < 1.29 is 0 Å². The molecule has 0 fully saturated rings. The van der Waals surface area contributed by atoms with E-state index in [0.29, 0.717) is 0 Å². The summed E-state index contributed by atoms with van der Waals surface area (Å²) in [5.41, 5.74) is 0.944. The predicted molar refractivity (Wildman–Crippen MR) is 43.2 cm³/mol. The second kappa shape index (κ2) is 4.32. The molecular formula is C7H17P. The molecule has 8 heavy (non-hydrogen) atoms. The van der Waals surface area contributed by atoms with Gasteiger partial charge in [0.05, 0.1) is 0 Å². The maximum absolute atomic E-state index is 2.34. The Morgan fingerprint density at radius 3 is 2.00 bits per heavy atom. The highest BCUT2D eigenvalue weighted by atomic mass is 31.1. The van der Waals surface area contributed by atoms with Gasteiger partial charge >= 0.3 is 0 Å². The van der Waals surface area contributed by atoms with Gasteiger partial charge in [-0.25, -0.2) is 0 Å². The molecule has 0 heterocycles. The highest BCUT2D eigenvalue weighted by molar-refractivity contribution is 7.37. The van der Waals surface area contributed by atoms with Crippen LogP contribution < -0.4 is 0 Å². The summed E-state index contributed by atoms with van der Waals surface area (Å²) in [6.07, 6.45) is 1.34. The van der Waals surface area contributed by atoms with Crippen LogP contribution in [0.5, 0.6) is 0 Å². The lowest BCUT2D eigenvalue weighted by molar-refractivity contribution is 0.555. The summed E-state index contributed by atoms with van der Waals surface area (Å²) in [6, 6.07) is 0. The van der Waals surface area contributed by atoms with Crippen LogP contribution in [-0.4, -0.2) is 12.3 Å². The molecule has 0 saturated heterocycles. The molecule has 0 aliphatic carbocycles. The van der Waals surface area contributed by atoms with Gasteiger partial charge in [0.1, 0.15) is 0 Å². The fourth-order valence-electron chi connectivity index (χ4n) is 0.638. The van der Waals surface area contributed by atoms with E-state index in [-0.39, 0.29) is 0 Å². The lowest BCUT2D eigenvalue weighted by atomic mass is 10.1. The molecule has 0 aromatic heterocycles. The van der Waals surface area contributed by atoms with Crippen LogP contribution in [0.4, 0.5) is 0 Å². The molecule has 0 rings (SSSR count). The largest absolute Gasteiger partial charge is 0.122 e. The Labute approximate surface area is 54.8 Å². The fourth-order valence-corrected chi connectivity index (χ4v) is 1.44. The third-order valence-corrected chi connectivity index (χ3v) is 3.43. The van der Waals surface area contributed by atoms with Crippen LogP contribution in [-0.2, 0) is 0 Å². The Kier molecular flexibility index (Phi) is 4.56. The summed E-state index contributed by atoms with van der Waals surface area (Å²) in [6.45, 7) is 9.23. The average molecular weight is 132 g/mol. The van der Waals surface area contributed by atoms with Crippen LogP contribution in [0, 0.1) is 5.92 Å². The molecule has 0 aromatic carbocycles. The Hall–Kier alpha value is 0.430. The van der Waals surface area contributed by atoms with Gasteiger partial charge in [-0.1, -0.05) is 27.2 Å². The van der Waals surface area contributed by atoms with Gasteiger partial charge in [0, 0.05) is 0 Å². The van der Waals surface area contributed by atoms with Gasteiger partial charge in [-0.15, -0.1) is 8.58 Å². The maximum atomic E-state index is 2.34. The topological polar surface area (TPSA) is 0 Å². The van der Waals surface area contributed by atoms with Crippen molar-refractivity contribution >= 4 is 8.58 Å². The van der Waals surface area contributed by atoms with Crippen molar-refractivity contribution in [2.75, 3.05) is 6.66 Å². The molecule has 0 amide bonds. The lowest BCUT2D eigenvalue weighted by Gasteiger charge is -2.14. The van der Waals surface area contributed by atoms with E-state index < -0.39 is 0 Å². The molecule has 1 heteroatoms. The molecule has 0 bridgehead atoms. The quantitative estimate of drug-likeness (QED) is 0.518. The predicted octanol–water partition coefficient (Wildman–Crippen LogP) is 2.73. The first-order valence-electron chi connectivity index (χ1n) is 3.39. The smallest absolute Gasteiger partial charge is 0.0242 e. The van der Waals surface area contributed by atoms with Crippen LogP contribution in [0.25, 0.3) is 0 Å². The second-order valence-electron chi connectivity index (χ2n) is 2.46. The van der Waals surface area contributed by atoms with Gasteiger partial charge in [-0.3, -0.25) is 0 Å². The Morgan fingerprint density at radius 1 is 1.38 bits per heavy atom. The van der Waals surface area contributed by atoms with Crippen LogP contribution in [0.15, 0.2) is 0 Å². The lowest BCUT2D eigenvalue weighted by Crippen LogP contribution is -2.05. The van der Waals surface area contributed by atoms with Crippen molar-refractivity contribution in [3.05, 3.63) is 0 Å². The van der Waals surface area contributed by atoms with E-state index in [0.717, 1.165) is 20.2 Å². The van der Waals surface area contributed by atoms with Crippen LogP contribution in [0.1, 0.15) is 27.2 Å². The van der Waals surface area contributed by atoms with Crippen molar-refractivity contribution in [3.63, 3.8) is 0 Å². The summed E-state index contributed by atoms with van der Waals surface area (Å²) < 4.78 is 0. The van der Waals surface area contributed by atoms with Crippen LogP contribution in [0.2, 0.25) is 0 Å². The molecular weight excluding hydrogens is 115 g/mol. The van der Waals surface area contributed by atoms with E-state index in [2.05, 4.69) is 27.4 Å². The highest BCUT2D eigenvalue weighted by Gasteiger charge is 2.05. The minimum absolute atomic E-state index is 0.929. The van der Waals surface area contributed by atoms with E-state index in [4.69, 9.17) is 0 Å². The summed E-state index contributed by atoms with van der Waals surface area (Å²) in [4.78, 5) is 0. The van der Waals surface area contributed by atoms with E-state index in [1.54, 1.807) is 0 Å². The van der Waals surface area contributed by atoms with Gasteiger partial charge in [0.2, 0.25) is 0 Å². The third kappa shape index (κ3) is 2.67. The summed E-state index contributed by atoms with van der Waals surface area (Å²) in [5, 5.41) is 0. The molecule has 0 aliphatic heterocycles. The standard InChI is InChI=1S/C7H17P/c1-5-6(2)7(3)8-4/h6-8H,5H2,1-4H3. The first-order valence-corrected chi connectivity index (χ1v) is 4.97. The van der Waals surface area contributed by atoms with Crippen LogP contribution >= 0.6 is 8.58 Å². The molecule has 0 N–H and O–H groups in total. The molecule has 3 atom stereocenters. The molecule has 0 radical (unpaired) electrons. The molecule has 3 unspecified atom stereocenters. The summed E-state index contributed by atoms with van der Waals surface area (Å²) in [5.74, 6) is 0.929. The average Bonchev–Trinajstić information content (AvgIpc) is 1.84. The molecule has 0 saturated carbocycles. The first kappa shape index (κ1) is 8.43. The van der Waals surface area contributed by atoms with Gasteiger partial charge < -0.3 is 0 Å². The number of hydrogen-bond donors (Lipinski definition) is 0. The van der Waals surface area contributed by atoms with Crippen molar-refractivity contribution in [1.82, 2.24) is 0 Å². The molecule has 50 valence electrons. The number of rotatable bonds is 3. The number of hydrogen-bond acceptors (Lipinski definition) is 0. The molecule has 0 aliphatic rings. The van der Waals surface area contributed by atoms with Gasteiger partial charge in [-0.05, 0) is 18.2 Å². The van der Waals surface area contributed by atoms with E-state index in [1.807, 2.05) is 0 Å². The van der Waals surface area contributed by atoms with E-state index in [1.165, 1.54) is 6.42 Å². The Morgan fingerprint density at radius 2 is 1.88 bits per heavy atom. The Bertz CT molecular complexity index is 44.3. The minimum Gasteiger partial charge on any atom is -0.122 e. The summed E-state index contributed by atoms with van der Waals surface area (Å²) in [7, 11) is 1.12. The van der Waals surface area contributed by atoms with Gasteiger partial charge in [0.25, 0.3) is 0 Å². The summed E-state index contributed by atoms with van der Waals surface area (Å²) >= 11 is 0. The molecule has 0 nitrogen and oxygen atoms in total. The highest BCUT2D eigenvalue weighted by Crippen LogP contribution is 2.23. The van der Waals surface area contributed by atoms with Gasteiger partial charge in [-0.2, -0.15) is 0 Å². The molecule has 0 spiro atoms. The fraction of sp³-hybridized carbons (Fsp3) is 1.00. The zero-order valence-corrected chi connectivity index (χ0v) is 7.36. The first-order chi connectivity index (χ1) is 3.72. The van der Waals surface area contributed by atoms with Crippen LogP contribution in [0.3, 0.4) is 0 Å². The Balaban J connectivity index is 3.29. The van der Waals surface area contributed by atoms with Gasteiger partial charge in [0.15, 0.2) is 0 Å². The second-order valence-corrected chi connectivity index (χ2v) is 3.95. The zero-order chi connectivity index (χ0) is 6.57. The van der Waals surface area contributed by atoms with E-state index >= 15 is 0 Å². The molecule has 0 aromatic rings. The maximum Gasteiger partial charge on any atom is -0.0242 e. The van der Waals surface area contributed by atoms with E-state index in [9.17, 15) is 0 Å². The van der Waals surface area contributed by atoms with Crippen molar-refractivity contribution in [2.45, 2.75) is 32.9 Å². The zero-order valence-electron chi connectivity index (χ0n) is 6.36. The van der Waals surface area contributed by atoms with Crippen molar-refractivity contribution in [3.8, 4) is 0 Å². The van der Waals surface area contributed by atoms with Crippen molar-refractivity contribution in [2.24, 2.45) is 5.92 Å². The SMILES string of the molecule is CCC(C)C(C)PC. The normalized spacial score (nSPS) is 19.5. The van der Waals surface area contributed by atoms with Crippen molar-refractivity contribution in [1.29, 1.82) is 0 Å². The minimum atomic E-state index is 0.929. The third-order valence-electron chi connectivity index (χ3n) is 1.95.